The van der Waals surface area contributed by atoms with Crippen LogP contribution in [-0.2, 0) is 29.5 Å². The van der Waals surface area contributed by atoms with Gasteiger partial charge in [0, 0.05) is 48.0 Å². The number of aryl methyl sites for hydroxylation is 2. The molecule has 0 spiro atoms. The van der Waals surface area contributed by atoms with Crippen molar-refractivity contribution in [1.82, 2.24) is 9.97 Å². The van der Waals surface area contributed by atoms with Gasteiger partial charge in [0.15, 0.2) is 5.69 Å². The van der Waals surface area contributed by atoms with Crippen molar-refractivity contribution < 1.29 is 59.8 Å². The summed E-state index contributed by atoms with van der Waals surface area (Å²) in [5, 5.41) is 22.8. The van der Waals surface area contributed by atoms with Gasteiger partial charge in [-0.15, -0.1) is 0 Å². The smallest absolute Gasteiger partial charge is 0.237 e. The summed E-state index contributed by atoms with van der Waals surface area (Å²) in [5.74, 6) is -3.03. The molecule has 0 aliphatic heterocycles. The van der Waals surface area contributed by atoms with Crippen molar-refractivity contribution in [3.8, 4) is 0 Å². The second-order valence-electron chi connectivity index (χ2n) is 6.18. The first-order chi connectivity index (χ1) is 13.3. The van der Waals surface area contributed by atoms with Gasteiger partial charge in [0.25, 0.3) is 0 Å². The van der Waals surface area contributed by atoms with E-state index < -0.39 is 23.3 Å². The Morgan fingerprint density at radius 3 is 1.84 bits per heavy atom. The van der Waals surface area contributed by atoms with Crippen LogP contribution in [-0.4, -0.2) is 27.4 Å². The minimum Gasteiger partial charge on any atom is -2.00 e. The second-order valence-corrected chi connectivity index (χ2v) is 6.18. The van der Waals surface area contributed by atoms with E-state index in [0.717, 1.165) is 34.6 Å². The van der Waals surface area contributed by atoms with Crippen LogP contribution in [0.3, 0.4) is 0 Å². The molecular weight excluding hydrogens is 457 g/mol. The van der Waals surface area contributed by atoms with E-state index in [2.05, 4.69) is 52.2 Å². The fourth-order valence-corrected chi connectivity index (χ4v) is 2.69. The number of carbonyl (C=O) groups is 2. The number of benzene rings is 1. The Labute approximate surface area is 194 Å². The molecule has 3 aromatic heterocycles. The summed E-state index contributed by atoms with van der Waals surface area (Å²) in [6.07, 6.45) is 0. The van der Waals surface area contributed by atoms with E-state index in [1.165, 1.54) is 16.8 Å². The molecule has 10 nitrogen and oxygen atoms in total. The molecule has 32 heavy (non-hydrogen) atoms. The molecule has 0 saturated heterocycles. The first kappa shape index (κ1) is 30.8. The third-order valence-electron chi connectivity index (χ3n) is 4.04. The Morgan fingerprint density at radius 1 is 0.781 bits per heavy atom. The number of aromatic nitrogens is 3. The molecule has 1 radical (unpaired) electrons. The number of H-pyrrole nitrogens is 1. The molecule has 0 amide bonds. The standard InChI is InChI=1S/C14H12N2.C7H5NO4.H2O.2O.V/c1-9-3-5-11-7-8-12-6-4-10(2)16-14(12)13(11)15-9;9-6(10)4-2-1-3-5(8-4)7(11)12;;;;/h3-8H,1-2H3;1-3H,(H,9,10)(H,11,12);1H2;;;/q;;;2*-2;/p-1. The molecule has 0 atom stereocenters. The second kappa shape index (κ2) is 13.1. The van der Waals surface area contributed by atoms with Gasteiger partial charge >= 0.3 is 0 Å². The Morgan fingerprint density at radius 2 is 1.28 bits per heavy atom. The Bertz CT molecular complexity index is 1130. The zero-order chi connectivity index (χ0) is 20.3. The predicted octanol–water partition coefficient (Wildman–Crippen LogP) is -0.437. The third kappa shape index (κ3) is 7.08. The Hall–Kier alpha value is -3.41. The van der Waals surface area contributed by atoms with Crippen molar-refractivity contribution in [1.29, 1.82) is 0 Å². The quantitative estimate of drug-likeness (QED) is 0.351. The number of nitrogens with one attached hydrogen (secondary N) is 1. The van der Waals surface area contributed by atoms with Gasteiger partial charge in [-0.25, -0.2) is 15.0 Å². The number of rotatable bonds is 2. The van der Waals surface area contributed by atoms with Crippen molar-refractivity contribution in [2.24, 2.45) is 0 Å². The number of carboxylic acid groups (broad SMARTS) is 2. The first-order valence-corrected chi connectivity index (χ1v) is 8.44. The normalized spacial score (nSPS) is 9.06. The molecule has 3 heterocycles. The maximum Gasteiger partial charge on any atom is 0.237 e. The van der Waals surface area contributed by atoms with E-state index in [1.54, 1.807) is 0 Å². The van der Waals surface area contributed by atoms with E-state index in [4.69, 9.17) is 0 Å². The van der Waals surface area contributed by atoms with E-state index in [9.17, 15) is 19.8 Å². The molecule has 0 unspecified atom stereocenters. The van der Waals surface area contributed by atoms with Crippen molar-refractivity contribution in [2.45, 2.75) is 13.8 Å². The van der Waals surface area contributed by atoms with Crippen LogP contribution in [0.15, 0.2) is 54.6 Å². The number of fused-ring (bicyclic) bond motifs is 3. The molecular formula is C21H18N3O7V-5. The third-order valence-corrected chi connectivity index (χ3v) is 4.04. The maximum atomic E-state index is 10.2. The minimum absolute atomic E-state index is 0. The van der Waals surface area contributed by atoms with Gasteiger partial charge in [-0.05, 0) is 37.3 Å². The van der Waals surface area contributed by atoms with Crippen LogP contribution in [0.5, 0.6) is 0 Å². The summed E-state index contributed by atoms with van der Waals surface area (Å²) in [6, 6.07) is 16.2. The maximum absolute atomic E-state index is 10.2. The van der Waals surface area contributed by atoms with Crippen molar-refractivity contribution >= 4 is 33.7 Å². The van der Waals surface area contributed by atoms with Crippen LogP contribution in [0.25, 0.3) is 21.8 Å². The SMILES string of the molecule is Cc1ccc2ccc3ccc(C)[nH+]c3c2n1.O.O=C([O-])c1cccc(C(=O)[O-])n1.[O-2].[O-2].[V]. The van der Waals surface area contributed by atoms with Gasteiger partial charge in [-0.3, -0.25) is 0 Å². The zero-order valence-electron chi connectivity index (χ0n) is 17.0. The number of hydrogen-bond donors (Lipinski definition) is 0. The van der Waals surface area contributed by atoms with E-state index in [-0.39, 0.29) is 35.0 Å². The molecule has 0 bridgehead atoms. The van der Waals surface area contributed by atoms with Crippen LogP contribution in [0.4, 0.5) is 0 Å². The van der Waals surface area contributed by atoms with Crippen LogP contribution in [0.1, 0.15) is 32.4 Å². The number of aromatic amines is 1. The number of carbonyl (C=O) groups excluding carboxylic acids is 2. The van der Waals surface area contributed by atoms with Crippen LogP contribution < -0.4 is 15.2 Å². The van der Waals surface area contributed by atoms with Gasteiger partial charge in [-0.1, -0.05) is 18.2 Å². The molecule has 169 valence electrons. The summed E-state index contributed by atoms with van der Waals surface area (Å²) in [6.45, 7) is 4.09. The Kier molecular flexibility index (Phi) is 12.6. The summed E-state index contributed by atoms with van der Waals surface area (Å²) < 4.78 is 0. The largest absolute Gasteiger partial charge is 2.00 e. The summed E-state index contributed by atoms with van der Waals surface area (Å²) in [4.78, 5) is 31.6. The van der Waals surface area contributed by atoms with E-state index >= 15 is 0 Å². The fraction of sp³-hybridized carbons (Fsp3) is 0.0952. The molecule has 0 fully saturated rings. The molecule has 11 heteroatoms. The summed E-state index contributed by atoms with van der Waals surface area (Å²) in [7, 11) is 0. The average molecular weight is 475 g/mol. The van der Waals surface area contributed by atoms with Crippen LogP contribution in [0.2, 0.25) is 0 Å². The number of hydrogen-bond acceptors (Lipinski definition) is 6. The molecule has 3 N–H and O–H groups in total. The van der Waals surface area contributed by atoms with Crippen molar-refractivity contribution in [2.75, 3.05) is 0 Å². The van der Waals surface area contributed by atoms with Gasteiger partial charge in [0.05, 0.1) is 23.3 Å². The van der Waals surface area contributed by atoms with E-state index in [1.807, 2.05) is 13.0 Å². The van der Waals surface area contributed by atoms with Crippen LogP contribution >= 0.6 is 0 Å². The van der Waals surface area contributed by atoms with Gasteiger partial charge in [-0.2, -0.15) is 0 Å². The summed E-state index contributed by atoms with van der Waals surface area (Å²) >= 11 is 0. The minimum atomic E-state index is -1.52. The number of nitrogens with zero attached hydrogens (tertiary/aromatic N) is 2. The molecule has 0 aliphatic rings. The van der Waals surface area contributed by atoms with Crippen molar-refractivity contribution in [3.05, 3.63) is 77.4 Å². The topological polar surface area (TPSA) is 209 Å². The molecule has 0 saturated carbocycles. The molecule has 4 aromatic rings. The number of aromatic carboxylic acids is 2. The van der Waals surface area contributed by atoms with E-state index in [0.29, 0.717) is 0 Å². The summed E-state index contributed by atoms with van der Waals surface area (Å²) in [5.41, 5.74) is 3.55. The monoisotopic (exact) mass is 475 g/mol. The predicted molar refractivity (Wildman–Crippen MR) is 103 cm³/mol. The number of carboxylic acids is 2. The molecule has 4 rings (SSSR count). The van der Waals surface area contributed by atoms with Crippen LogP contribution in [0, 0.1) is 13.8 Å². The van der Waals surface area contributed by atoms with Gasteiger partial charge < -0.3 is 36.2 Å². The average Bonchev–Trinajstić information content (AvgIpc) is 2.68. The Balaban J connectivity index is 0. The zero-order valence-corrected chi connectivity index (χ0v) is 18.4. The van der Waals surface area contributed by atoms with Gasteiger partial charge in [0.1, 0.15) is 5.52 Å². The fourth-order valence-electron chi connectivity index (χ4n) is 2.69. The molecule has 1 aromatic carbocycles. The number of pyridine rings is 3. The van der Waals surface area contributed by atoms with Crippen molar-refractivity contribution in [3.63, 3.8) is 0 Å². The van der Waals surface area contributed by atoms with Gasteiger partial charge in [0.2, 0.25) is 5.52 Å². The first-order valence-electron chi connectivity index (χ1n) is 8.44. The molecule has 0 aliphatic carbocycles.